The summed E-state index contributed by atoms with van der Waals surface area (Å²) in [4.78, 5) is 11.9. The Labute approximate surface area is 133 Å². The number of hydrogen-bond donors (Lipinski definition) is 1. The van der Waals surface area contributed by atoms with Gasteiger partial charge in [-0.3, -0.25) is 18.9 Å². The third kappa shape index (κ3) is 10.2. The number of rotatable bonds is 9. The molecule has 0 aromatic heterocycles. The van der Waals surface area contributed by atoms with Crippen LogP contribution in [0.2, 0.25) is 0 Å². The standard InChI is InChI=1S/C14H30NO6P/c1-8-18-22(17,19-9-2)21-12(10-11(3)4)15-13(16)20-14(5,6)7/h11-12H,8-10H2,1-7H3,(H,15,16). The molecule has 132 valence electrons. The predicted molar refractivity (Wildman–Crippen MR) is 84.6 cm³/mol. The fourth-order valence-corrected chi connectivity index (χ4v) is 2.84. The van der Waals surface area contributed by atoms with E-state index < -0.39 is 25.7 Å². The largest absolute Gasteiger partial charge is 0.476 e. The monoisotopic (exact) mass is 339 g/mol. The van der Waals surface area contributed by atoms with E-state index in [9.17, 15) is 9.36 Å². The summed E-state index contributed by atoms with van der Waals surface area (Å²) in [5.74, 6) is 0.205. The first kappa shape index (κ1) is 21.4. The molecular formula is C14H30NO6P. The number of carbonyl (C=O) groups is 1. The zero-order chi connectivity index (χ0) is 17.4. The molecule has 1 atom stereocenters. The highest BCUT2D eigenvalue weighted by atomic mass is 31.2. The molecule has 1 amide bonds. The molecule has 0 aromatic rings. The highest BCUT2D eigenvalue weighted by molar-refractivity contribution is 7.48. The smallest absolute Gasteiger partial charge is 0.444 e. The van der Waals surface area contributed by atoms with Gasteiger partial charge in [-0.1, -0.05) is 13.8 Å². The quantitative estimate of drug-likeness (QED) is 0.503. The van der Waals surface area contributed by atoms with Gasteiger partial charge in [0.05, 0.1) is 13.2 Å². The summed E-state index contributed by atoms with van der Waals surface area (Å²) in [7, 11) is -3.71. The fourth-order valence-electron chi connectivity index (χ4n) is 1.57. The van der Waals surface area contributed by atoms with Gasteiger partial charge >= 0.3 is 13.9 Å². The van der Waals surface area contributed by atoms with Crippen LogP contribution in [0.25, 0.3) is 0 Å². The van der Waals surface area contributed by atoms with E-state index in [1.165, 1.54) is 0 Å². The summed E-state index contributed by atoms with van der Waals surface area (Å²) < 4.78 is 33.2. The molecule has 0 aliphatic carbocycles. The minimum atomic E-state index is -3.71. The molecule has 22 heavy (non-hydrogen) atoms. The number of nitrogens with one attached hydrogen (secondary N) is 1. The molecule has 0 bridgehead atoms. The lowest BCUT2D eigenvalue weighted by molar-refractivity contribution is 0.0244. The molecule has 0 saturated heterocycles. The molecule has 1 unspecified atom stereocenters. The van der Waals surface area contributed by atoms with E-state index in [0.29, 0.717) is 6.42 Å². The van der Waals surface area contributed by atoms with Gasteiger partial charge in [-0.25, -0.2) is 9.36 Å². The van der Waals surface area contributed by atoms with Gasteiger partial charge in [-0.05, 0) is 47.0 Å². The van der Waals surface area contributed by atoms with Gasteiger partial charge in [0.2, 0.25) is 0 Å². The number of hydrogen-bond acceptors (Lipinski definition) is 6. The van der Waals surface area contributed by atoms with Crippen LogP contribution < -0.4 is 5.32 Å². The van der Waals surface area contributed by atoms with Gasteiger partial charge in [-0.15, -0.1) is 0 Å². The van der Waals surface area contributed by atoms with Crippen LogP contribution in [0.5, 0.6) is 0 Å². The Hall–Kier alpha value is -0.620. The third-order valence-electron chi connectivity index (χ3n) is 2.19. The van der Waals surface area contributed by atoms with Crippen LogP contribution in [0.15, 0.2) is 0 Å². The zero-order valence-electron chi connectivity index (χ0n) is 14.7. The summed E-state index contributed by atoms with van der Waals surface area (Å²) in [6.07, 6.45) is -1.01. The molecule has 7 nitrogen and oxygen atoms in total. The van der Waals surface area contributed by atoms with Crippen LogP contribution in [0.1, 0.15) is 54.9 Å². The zero-order valence-corrected chi connectivity index (χ0v) is 15.6. The van der Waals surface area contributed by atoms with Crippen LogP contribution in [-0.4, -0.2) is 31.1 Å². The van der Waals surface area contributed by atoms with Crippen LogP contribution in [0.4, 0.5) is 4.79 Å². The molecule has 8 heteroatoms. The number of phosphoric ester groups is 1. The van der Waals surface area contributed by atoms with Gasteiger partial charge in [0.15, 0.2) is 0 Å². The van der Waals surface area contributed by atoms with E-state index in [0.717, 1.165) is 0 Å². The lowest BCUT2D eigenvalue weighted by atomic mass is 10.1. The molecule has 0 aliphatic heterocycles. The fraction of sp³-hybridized carbons (Fsp3) is 0.929. The van der Waals surface area contributed by atoms with Crippen molar-refractivity contribution >= 4 is 13.9 Å². The first-order chi connectivity index (χ1) is 10.0. The van der Waals surface area contributed by atoms with Crippen molar-refractivity contribution in [2.75, 3.05) is 13.2 Å². The molecule has 0 saturated carbocycles. The van der Waals surface area contributed by atoms with Crippen molar-refractivity contribution in [3.05, 3.63) is 0 Å². The summed E-state index contributed by atoms with van der Waals surface area (Å²) in [6, 6.07) is 0. The molecule has 0 aromatic carbocycles. The van der Waals surface area contributed by atoms with Crippen LogP contribution >= 0.6 is 7.82 Å². The van der Waals surface area contributed by atoms with Crippen molar-refractivity contribution in [3.63, 3.8) is 0 Å². The Morgan fingerprint density at radius 2 is 1.64 bits per heavy atom. The van der Waals surface area contributed by atoms with Crippen molar-refractivity contribution in [2.24, 2.45) is 5.92 Å². The van der Waals surface area contributed by atoms with Gasteiger partial charge < -0.3 is 4.74 Å². The van der Waals surface area contributed by atoms with Gasteiger partial charge in [-0.2, -0.15) is 0 Å². The molecule has 0 fully saturated rings. The Kier molecular flexibility index (Phi) is 9.24. The molecule has 1 N–H and O–H groups in total. The maximum Gasteiger partial charge on any atom is 0.476 e. The second kappa shape index (κ2) is 9.50. The van der Waals surface area contributed by atoms with E-state index in [-0.39, 0.29) is 19.1 Å². The summed E-state index contributed by atoms with van der Waals surface area (Å²) in [6.45, 7) is 12.9. The van der Waals surface area contributed by atoms with Crippen molar-refractivity contribution in [2.45, 2.75) is 66.7 Å². The van der Waals surface area contributed by atoms with Crippen molar-refractivity contribution in [3.8, 4) is 0 Å². The van der Waals surface area contributed by atoms with Crippen molar-refractivity contribution < 1.29 is 27.7 Å². The Morgan fingerprint density at radius 1 is 1.14 bits per heavy atom. The van der Waals surface area contributed by atoms with Gasteiger partial charge in [0.1, 0.15) is 11.8 Å². The Morgan fingerprint density at radius 3 is 2.00 bits per heavy atom. The number of ether oxygens (including phenoxy) is 1. The lowest BCUT2D eigenvalue weighted by Crippen LogP contribution is -2.41. The summed E-state index contributed by atoms with van der Waals surface area (Å²) >= 11 is 0. The third-order valence-corrected chi connectivity index (χ3v) is 3.86. The molecule has 0 aliphatic rings. The number of phosphoric acid groups is 1. The first-order valence-corrected chi connectivity index (χ1v) is 9.04. The first-order valence-electron chi connectivity index (χ1n) is 7.58. The normalized spacial score (nSPS) is 14.0. The maximum atomic E-state index is 12.4. The van der Waals surface area contributed by atoms with E-state index in [1.807, 2.05) is 13.8 Å². The second-order valence-corrected chi connectivity index (χ2v) is 7.77. The number of alkyl carbamates (subject to hydrolysis) is 1. The molecular weight excluding hydrogens is 309 g/mol. The Balaban J connectivity index is 4.89. The topological polar surface area (TPSA) is 83.1 Å². The summed E-state index contributed by atoms with van der Waals surface area (Å²) in [5, 5.41) is 2.56. The average molecular weight is 339 g/mol. The van der Waals surface area contributed by atoms with E-state index in [4.69, 9.17) is 18.3 Å². The summed E-state index contributed by atoms with van der Waals surface area (Å²) in [5.41, 5.74) is -0.629. The minimum Gasteiger partial charge on any atom is -0.444 e. The average Bonchev–Trinajstić information content (AvgIpc) is 2.24. The van der Waals surface area contributed by atoms with Gasteiger partial charge in [0, 0.05) is 0 Å². The van der Waals surface area contributed by atoms with E-state index in [1.54, 1.807) is 34.6 Å². The second-order valence-electron chi connectivity index (χ2n) is 6.15. The van der Waals surface area contributed by atoms with Crippen LogP contribution in [0, 0.1) is 5.92 Å². The molecule has 0 spiro atoms. The highest BCUT2D eigenvalue weighted by Crippen LogP contribution is 2.50. The Bertz CT molecular complexity index is 370. The molecule has 0 radical (unpaired) electrons. The van der Waals surface area contributed by atoms with Gasteiger partial charge in [0.25, 0.3) is 0 Å². The molecule has 0 rings (SSSR count). The number of amides is 1. The lowest BCUT2D eigenvalue weighted by Gasteiger charge is -2.27. The van der Waals surface area contributed by atoms with E-state index >= 15 is 0 Å². The number of carbonyl (C=O) groups excluding carboxylic acids is 1. The van der Waals surface area contributed by atoms with Crippen molar-refractivity contribution in [1.82, 2.24) is 5.32 Å². The SMILES string of the molecule is CCOP(=O)(OCC)OC(CC(C)C)NC(=O)OC(C)(C)C. The highest BCUT2D eigenvalue weighted by Gasteiger charge is 2.32. The van der Waals surface area contributed by atoms with Crippen LogP contribution in [0.3, 0.4) is 0 Å². The van der Waals surface area contributed by atoms with E-state index in [2.05, 4.69) is 5.32 Å². The molecule has 0 heterocycles. The maximum absolute atomic E-state index is 12.4. The van der Waals surface area contributed by atoms with Crippen LogP contribution in [-0.2, 0) is 22.9 Å². The van der Waals surface area contributed by atoms with Crippen molar-refractivity contribution in [1.29, 1.82) is 0 Å². The minimum absolute atomic E-state index is 0.179. The predicted octanol–water partition coefficient (Wildman–Crippen LogP) is 4.08.